The number of halogens is 1. The lowest BCUT2D eigenvalue weighted by Gasteiger charge is -2.03. The van der Waals surface area contributed by atoms with Crippen LogP contribution in [0.5, 0.6) is 0 Å². The summed E-state index contributed by atoms with van der Waals surface area (Å²) >= 11 is 4.76. The van der Waals surface area contributed by atoms with Gasteiger partial charge in [-0.25, -0.2) is 0 Å². The molecule has 0 heterocycles. The number of carboxylic acid groups (broad SMARTS) is 1. The first kappa shape index (κ1) is 7.43. The number of hydrogen-bond acceptors (Lipinski definition) is 3. The topological polar surface area (TPSA) is 57.2 Å². The van der Waals surface area contributed by atoms with Gasteiger partial charge in [0, 0.05) is 0 Å². The number of hydrogen-bond donors (Lipinski definition) is 0. The Morgan fingerprint density at radius 1 is 1.62 bits per heavy atom. The molecule has 0 saturated carbocycles. The summed E-state index contributed by atoms with van der Waals surface area (Å²) in [5.74, 6) is -2.64. The Morgan fingerprint density at radius 2 is 2.00 bits per heavy atom. The van der Waals surface area contributed by atoms with E-state index in [0.717, 1.165) is 0 Å². The van der Waals surface area contributed by atoms with E-state index in [-0.39, 0.29) is 0 Å². The van der Waals surface area contributed by atoms with Crippen molar-refractivity contribution in [3.63, 3.8) is 0 Å². The van der Waals surface area contributed by atoms with Crippen LogP contribution in [0.4, 0.5) is 0 Å². The summed E-state index contributed by atoms with van der Waals surface area (Å²) < 4.78 is 0. The fourth-order valence-corrected chi connectivity index (χ4v) is 0.182. The average Bonchev–Trinajstić information content (AvgIpc) is 1.64. The summed E-state index contributed by atoms with van der Waals surface area (Å²) in [6, 6.07) is 0. The maximum absolute atomic E-state index is 9.93. The Labute approximate surface area is 51.3 Å². The standard InChI is InChI=1S/C4H5ClO3/c1-2(3(5)6)4(7)8/h2H,1H3,(H,7,8)/p-1. The Balaban J connectivity index is 3.83. The quantitative estimate of drug-likeness (QED) is 0.366. The maximum Gasteiger partial charge on any atom is 0.230 e. The molecule has 0 spiro atoms. The van der Waals surface area contributed by atoms with E-state index >= 15 is 0 Å². The maximum atomic E-state index is 9.93. The van der Waals surface area contributed by atoms with E-state index < -0.39 is 17.1 Å². The molecule has 46 valence electrons. The van der Waals surface area contributed by atoms with Gasteiger partial charge in [-0.3, -0.25) is 4.79 Å². The molecule has 0 aliphatic heterocycles. The molecule has 0 amide bonds. The minimum atomic E-state index is -1.44. The van der Waals surface area contributed by atoms with Crippen LogP contribution < -0.4 is 5.11 Å². The molecule has 0 radical (unpaired) electrons. The van der Waals surface area contributed by atoms with E-state index in [1.807, 2.05) is 0 Å². The Kier molecular flexibility index (Phi) is 2.48. The van der Waals surface area contributed by atoms with Gasteiger partial charge >= 0.3 is 0 Å². The van der Waals surface area contributed by atoms with Gasteiger partial charge in [0.05, 0.1) is 11.9 Å². The van der Waals surface area contributed by atoms with E-state index in [0.29, 0.717) is 0 Å². The van der Waals surface area contributed by atoms with Crippen molar-refractivity contribution < 1.29 is 14.7 Å². The highest BCUT2D eigenvalue weighted by Gasteiger charge is 2.08. The van der Waals surface area contributed by atoms with Crippen LogP contribution in [-0.2, 0) is 9.59 Å². The first-order chi connectivity index (χ1) is 3.55. The molecule has 0 rings (SSSR count). The minimum Gasteiger partial charge on any atom is -0.549 e. The molecule has 0 aromatic carbocycles. The monoisotopic (exact) mass is 135 g/mol. The van der Waals surface area contributed by atoms with Gasteiger partial charge in [0.1, 0.15) is 0 Å². The number of carbonyl (C=O) groups is 2. The molecule has 0 bridgehead atoms. The highest BCUT2D eigenvalue weighted by Crippen LogP contribution is 1.96. The van der Waals surface area contributed by atoms with Crippen LogP contribution >= 0.6 is 11.6 Å². The first-order valence-electron chi connectivity index (χ1n) is 1.96. The Morgan fingerprint density at radius 3 is 2.00 bits per heavy atom. The third-order valence-corrected chi connectivity index (χ3v) is 1.02. The molecule has 0 aromatic heterocycles. The third kappa shape index (κ3) is 1.93. The fourth-order valence-electron chi connectivity index (χ4n) is 0.0927. The molecule has 4 heteroatoms. The predicted octanol–water partition coefficient (Wildman–Crippen LogP) is -0.862. The van der Waals surface area contributed by atoms with Crippen LogP contribution in [0.25, 0.3) is 0 Å². The normalized spacial score (nSPS) is 12.8. The van der Waals surface area contributed by atoms with E-state index in [9.17, 15) is 14.7 Å². The number of carboxylic acids is 1. The van der Waals surface area contributed by atoms with Crippen molar-refractivity contribution in [2.75, 3.05) is 0 Å². The van der Waals surface area contributed by atoms with Crippen molar-refractivity contribution >= 4 is 22.8 Å². The summed E-state index contributed by atoms with van der Waals surface area (Å²) in [5, 5.41) is 8.83. The van der Waals surface area contributed by atoms with Crippen LogP contribution in [0.2, 0.25) is 0 Å². The summed E-state index contributed by atoms with van der Waals surface area (Å²) in [4.78, 5) is 19.7. The molecule has 0 N–H and O–H groups in total. The third-order valence-electron chi connectivity index (χ3n) is 0.694. The molecule has 8 heavy (non-hydrogen) atoms. The molecule has 0 fully saturated rings. The van der Waals surface area contributed by atoms with Crippen molar-refractivity contribution in [1.29, 1.82) is 0 Å². The van der Waals surface area contributed by atoms with E-state index in [4.69, 9.17) is 11.6 Å². The molecule has 0 aliphatic carbocycles. The predicted molar refractivity (Wildman–Crippen MR) is 25.0 cm³/mol. The molecule has 0 saturated heterocycles. The van der Waals surface area contributed by atoms with Gasteiger partial charge in [-0.05, 0) is 18.5 Å². The molecular weight excluding hydrogens is 131 g/mol. The SMILES string of the molecule is CC(C(=O)[O-])C(=O)Cl. The zero-order chi connectivity index (χ0) is 6.73. The Hall–Kier alpha value is -0.570. The average molecular weight is 136 g/mol. The van der Waals surface area contributed by atoms with Gasteiger partial charge in [0.25, 0.3) is 0 Å². The highest BCUT2D eigenvalue weighted by molar-refractivity contribution is 6.65. The zero-order valence-electron chi connectivity index (χ0n) is 4.18. The zero-order valence-corrected chi connectivity index (χ0v) is 4.94. The smallest absolute Gasteiger partial charge is 0.230 e. The lowest BCUT2D eigenvalue weighted by atomic mass is 10.2. The largest absolute Gasteiger partial charge is 0.549 e. The number of aliphatic carboxylic acids is 1. The van der Waals surface area contributed by atoms with Crippen molar-refractivity contribution in [2.24, 2.45) is 5.92 Å². The van der Waals surface area contributed by atoms with Crippen molar-refractivity contribution in [2.45, 2.75) is 6.92 Å². The summed E-state index contributed by atoms with van der Waals surface area (Å²) in [7, 11) is 0. The van der Waals surface area contributed by atoms with Crippen molar-refractivity contribution in [1.82, 2.24) is 0 Å². The second-order valence-corrected chi connectivity index (χ2v) is 1.72. The first-order valence-corrected chi connectivity index (χ1v) is 2.33. The van der Waals surface area contributed by atoms with Crippen LogP contribution in [0, 0.1) is 5.92 Å². The fraction of sp³-hybridized carbons (Fsp3) is 0.500. The second kappa shape index (κ2) is 2.67. The van der Waals surface area contributed by atoms with Gasteiger partial charge in [-0.15, -0.1) is 0 Å². The number of carbonyl (C=O) groups excluding carboxylic acids is 2. The van der Waals surface area contributed by atoms with E-state index in [1.165, 1.54) is 6.92 Å². The lowest BCUT2D eigenvalue weighted by Crippen LogP contribution is -2.32. The summed E-state index contributed by atoms with van der Waals surface area (Å²) in [6.07, 6.45) is 0. The van der Waals surface area contributed by atoms with Crippen LogP contribution in [0.3, 0.4) is 0 Å². The van der Waals surface area contributed by atoms with E-state index in [2.05, 4.69) is 0 Å². The lowest BCUT2D eigenvalue weighted by molar-refractivity contribution is -0.309. The van der Waals surface area contributed by atoms with Gasteiger partial charge in [0.2, 0.25) is 5.24 Å². The Bertz CT molecular complexity index is 106. The van der Waals surface area contributed by atoms with Gasteiger partial charge in [-0.1, -0.05) is 0 Å². The van der Waals surface area contributed by atoms with Crippen LogP contribution in [0.1, 0.15) is 6.92 Å². The van der Waals surface area contributed by atoms with Crippen LogP contribution in [-0.4, -0.2) is 11.2 Å². The highest BCUT2D eigenvalue weighted by atomic mass is 35.5. The van der Waals surface area contributed by atoms with Gasteiger partial charge < -0.3 is 9.90 Å². The molecule has 3 nitrogen and oxygen atoms in total. The minimum absolute atomic E-state index is 0.898. The second-order valence-electron chi connectivity index (χ2n) is 1.34. The molecule has 0 aliphatic rings. The van der Waals surface area contributed by atoms with Gasteiger partial charge in [0.15, 0.2) is 0 Å². The van der Waals surface area contributed by atoms with E-state index in [1.54, 1.807) is 0 Å². The van der Waals surface area contributed by atoms with Crippen LogP contribution in [0.15, 0.2) is 0 Å². The molecule has 1 atom stereocenters. The molecule has 0 aromatic rings. The summed E-state index contributed by atoms with van der Waals surface area (Å²) in [5.41, 5.74) is 0. The summed E-state index contributed by atoms with van der Waals surface area (Å²) in [6.45, 7) is 1.17. The van der Waals surface area contributed by atoms with Crippen molar-refractivity contribution in [3.05, 3.63) is 0 Å². The molecule has 1 unspecified atom stereocenters. The van der Waals surface area contributed by atoms with Crippen molar-refractivity contribution in [3.8, 4) is 0 Å². The number of rotatable bonds is 2. The van der Waals surface area contributed by atoms with Gasteiger partial charge in [-0.2, -0.15) is 0 Å². The molecular formula is C4H4ClO3-.